The molecule has 1 aromatic heterocycles. The molecule has 0 fully saturated rings. The summed E-state index contributed by atoms with van der Waals surface area (Å²) in [7, 11) is 0. The number of alkyl halides is 3. The molecule has 0 spiro atoms. The molecular formula is C6H3BrF3NO3. The van der Waals surface area contributed by atoms with E-state index in [-0.39, 0.29) is 4.47 Å². The van der Waals surface area contributed by atoms with E-state index in [0.29, 0.717) is 0 Å². The Hall–Kier alpha value is -1.18. The van der Waals surface area contributed by atoms with Crippen molar-refractivity contribution in [3.05, 3.63) is 20.9 Å². The summed E-state index contributed by atoms with van der Waals surface area (Å²) in [6.07, 6.45) is -4.96. The molecule has 14 heavy (non-hydrogen) atoms. The predicted octanol–water partition coefficient (Wildman–Crippen LogP) is 1.74. The number of hydrogen-bond acceptors (Lipinski definition) is 3. The van der Waals surface area contributed by atoms with E-state index in [1.54, 1.807) is 4.98 Å². The third-order valence-electron chi connectivity index (χ3n) is 1.16. The molecule has 0 unspecified atom stereocenters. The zero-order valence-corrected chi connectivity index (χ0v) is 7.94. The van der Waals surface area contributed by atoms with Crippen LogP contribution in [0, 0.1) is 0 Å². The fraction of sp³-hybridized carbons (Fsp3) is 0.167. The number of hydrogen-bond donors (Lipinski definition) is 2. The van der Waals surface area contributed by atoms with Crippen LogP contribution < -0.4 is 10.3 Å². The van der Waals surface area contributed by atoms with Crippen molar-refractivity contribution < 1.29 is 23.0 Å². The maximum Gasteiger partial charge on any atom is 0.574 e. The first kappa shape index (κ1) is 10.9. The van der Waals surface area contributed by atoms with Crippen molar-refractivity contribution in [3.63, 3.8) is 0 Å². The van der Waals surface area contributed by atoms with Crippen molar-refractivity contribution in [2.24, 2.45) is 0 Å². The molecule has 1 aromatic rings. The number of halogens is 4. The van der Waals surface area contributed by atoms with Gasteiger partial charge in [-0.05, 0) is 15.9 Å². The summed E-state index contributed by atoms with van der Waals surface area (Å²) in [6, 6.07) is 0.805. The van der Waals surface area contributed by atoms with Crippen LogP contribution in [0.25, 0.3) is 0 Å². The predicted molar refractivity (Wildman–Crippen MR) is 43.1 cm³/mol. The Morgan fingerprint density at radius 2 is 2.07 bits per heavy atom. The largest absolute Gasteiger partial charge is 0.574 e. The van der Waals surface area contributed by atoms with E-state index >= 15 is 0 Å². The van der Waals surface area contributed by atoms with Crippen molar-refractivity contribution in [2.45, 2.75) is 6.36 Å². The molecule has 0 radical (unpaired) electrons. The van der Waals surface area contributed by atoms with Gasteiger partial charge < -0.3 is 9.84 Å². The topological polar surface area (TPSA) is 62.3 Å². The Morgan fingerprint density at radius 3 is 2.57 bits per heavy atom. The van der Waals surface area contributed by atoms with E-state index in [9.17, 15) is 18.0 Å². The van der Waals surface area contributed by atoms with Gasteiger partial charge in [-0.15, -0.1) is 13.2 Å². The summed E-state index contributed by atoms with van der Waals surface area (Å²) in [5.74, 6) is -1.85. The van der Waals surface area contributed by atoms with Crippen molar-refractivity contribution >= 4 is 15.9 Å². The van der Waals surface area contributed by atoms with Crippen LogP contribution in [0.5, 0.6) is 11.6 Å². The van der Waals surface area contributed by atoms with Crippen molar-refractivity contribution in [1.82, 2.24) is 4.98 Å². The van der Waals surface area contributed by atoms with Crippen LogP contribution in [0.2, 0.25) is 0 Å². The second-order valence-corrected chi connectivity index (χ2v) is 3.06. The normalized spacial score (nSPS) is 11.4. The standard InChI is InChI=1S/C6H3BrF3NO3/c7-2-1-3(12)5(11-4(2)13)14-6(8,9)10/h1,12H,(H,11,13). The van der Waals surface area contributed by atoms with Crippen molar-refractivity contribution in [1.29, 1.82) is 0 Å². The van der Waals surface area contributed by atoms with Crippen LogP contribution in [0.15, 0.2) is 15.3 Å². The van der Waals surface area contributed by atoms with E-state index in [1.165, 1.54) is 0 Å². The molecule has 0 saturated carbocycles. The molecule has 8 heteroatoms. The van der Waals surface area contributed by atoms with Gasteiger partial charge >= 0.3 is 6.36 Å². The van der Waals surface area contributed by atoms with Crippen LogP contribution in [0.3, 0.4) is 0 Å². The van der Waals surface area contributed by atoms with Gasteiger partial charge in [0.25, 0.3) is 5.56 Å². The van der Waals surface area contributed by atoms with E-state index in [0.717, 1.165) is 6.07 Å². The van der Waals surface area contributed by atoms with E-state index < -0.39 is 23.6 Å². The van der Waals surface area contributed by atoms with Gasteiger partial charge in [0.05, 0.1) is 4.47 Å². The van der Waals surface area contributed by atoms with Gasteiger partial charge in [-0.25, -0.2) is 0 Å². The van der Waals surface area contributed by atoms with Crippen LogP contribution in [0.4, 0.5) is 13.2 Å². The molecule has 0 atom stereocenters. The molecule has 1 heterocycles. The first-order valence-corrected chi connectivity index (χ1v) is 3.96. The fourth-order valence-electron chi connectivity index (χ4n) is 0.672. The minimum absolute atomic E-state index is 0.0930. The van der Waals surface area contributed by atoms with Gasteiger partial charge in [-0.1, -0.05) is 0 Å². The number of rotatable bonds is 1. The number of aromatic nitrogens is 1. The summed E-state index contributed by atoms with van der Waals surface area (Å²) in [4.78, 5) is 12.5. The first-order chi connectivity index (χ1) is 6.29. The molecule has 0 aliphatic heterocycles. The second-order valence-electron chi connectivity index (χ2n) is 2.21. The SMILES string of the molecule is O=c1[nH]c(OC(F)(F)F)c(O)cc1Br. The first-order valence-electron chi connectivity index (χ1n) is 3.17. The highest BCUT2D eigenvalue weighted by Crippen LogP contribution is 2.28. The molecule has 0 aliphatic rings. The minimum atomic E-state index is -4.96. The van der Waals surface area contributed by atoms with Crippen LogP contribution in [-0.4, -0.2) is 16.5 Å². The molecule has 78 valence electrons. The Morgan fingerprint density at radius 1 is 1.50 bits per heavy atom. The molecule has 0 bridgehead atoms. The average Bonchev–Trinajstić information content (AvgIpc) is 1.97. The molecule has 0 saturated heterocycles. The van der Waals surface area contributed by atoms with E-state index in [2.05, 4.69) is 20.7 Å². The quantitative estimate of drug-likeness (QED) is 0.819. The lowest BCUT2D eigenvalue weighted by Gasteiger charge is -2.09. The lowest BCUT2D eigenvalue weighted by Crippen LogP contribution is -2.20. The number of pyridine rings is 1. The Bertz CT molecular complexity index is 400. The van der Waals surface area contributed by atoms with Gasteiger partial charge in [0.2, 0.25) is 5.88 Å². The van der Waals surface area contributed by atoms with Crippen LogP contribution in [0.1, 0.15) is 0 Å². The Balaban J connectivity index is 3.11. The molecule has 0 aromatic carbocycles. The van der Waals surface area contributed by atoms with Gasteiger partial charge in [0, 0.05) is 6.07 Å². The lowest BCUT2D eigenvalue weighted by molar-refractivity contribution is -0.276. The summed E-state index contributed by atoms with van der Waals surface area (Å²) < 4.78 is 38.3. The maximum absolute atomic E-state index is 11.7. The van der Waals surface area contributed by atoms with Gasteiger partial charge in [0.15, 0.2) is 5.75 Å². The highest BCUT2D eigenvalue weighted by atomic mass is 79.9. The zero-order valence-electron chi connectivity index (χ0n) is 6.35. The van der Waals surface area contributed by atoms with E-state index in [4.69, 9.17) is 5.11 Å². The third-order valence-corrected chi connectivity index (χ3v) is 1.75. The lowest BCUT2D eigenvalue weighted by atomic mass is 10.4. The molecule has 2 N–H and O–H groups in total. The van der Waals surface area contributed by atoms with Crippen LogP contribution in [-0.2, 0) is 0 Å². The Labute approximate surface area is 83.4 Å². The molecule has 0 aliphatic carbocycles. The molecule has 1 rings (SSSR count). The smallest absolute Gasteiger partial charge is 0.503 e. The van der Waals surface area contributed by atoms with Gasteiger partial charge in [-0.2, -0.15) is 0 Å². The molecule has 0 amide bonds. The van der Waals surface area contributed by atoms with E-state index in [1.807, 2.05) is 0 Å². The third kappa shape index (κ3) is 2.66. The molecular weight excluding hydrogens is 271 g/mol. The second kappa shape index (κ2) is 3.52. The number of H-pyrrole nitrogens is 1. The minimum Gasteiger partial charge on any atom is -0.503 e. The van der Waals surface area contributed by atoms with Gasteiger partial charge in [0.1, 0.15) is 0 Å². The van der Waals surface area contributed by atoms with Crippen molar-refractivity contribution in [3.8, 4) is 11.6 Å². The fourth-order valence-corrected chi connectivity index (χ4v) is 0.987. The zero-order chi connectivity index (χ0) is 10.9. The number of nitrogens with one attached hydrogen (secondary N) is 1. The molecule has 4 nitrogen and oxygen atoms in total. The summed E-state index contributed by atoms with van der Waals surface area (Å²) >= 11 is 2.72. The highest BCUT2D eigenvalue weighted by Gasteiger charge is 2.33. The number of ether oxygens (including phenoxy) is 1. The summed E-state index contributed by atoms with van der Waals surface area (Å²) in [5, 5.41) is 8.95. The summed E-state index contributed by atoms with van der Waals surface area (Å²) in [5.41, 5.74) is -0.831. The monoisotopic (exact) mass is 273 g/mol. The Kier molecular flexibility index (Phi) is 2.74. The van der Waals surface area contributed by atoms with Crippen molar-refractivity contribution in [2.75, 3.05) is 0 Å². The van der Waals surface area contributed by atoms with Crippen LogP contribution >= 0.6 is 15.9 Å². The summed E-state index contributed by atoms with van der Waals surface area (Å²) in [6.45, 7) is 0. The highest BCUT2D eigenvalue weighted by molar-refractivity contribution is 9.10. The maximum atomic E-state index is 11.7. The van der Waals surface area contributed by atoms with Gasteiger partial charge in [-0.3, -0.25) is 9.78 Å². The average molecular weight is 274 g/mol. The number of aromatic hydroxyl groups is 1. The number of aromatic amines is 1.